The van der Waals surface area contributed by atoms with Gasteiger partial charge >= 0.3 is 0 Å². The van der Waals surface area contributed by atoms with Crippen LogP contribution in [0.3, 0.4) is 0 Å². The van der Waals surface area contributed by atoms with Crippen LogP contribution in [0.2, 0.25) is 0 Å². The highest BCUT2D eigenvalue weighted by Crippen LogP contribution is 2.19. The van der Waals surface area contributed by atoms with Crippen LogP contribution in [0.5, 0.6) is 0 Å². The Morgan fingerprint density at radius 2 is 2.22 bits per heavy atom. The summed E-state index contributed by atoms with van der Waals surface area (Å²) in [5, 5.41) is 3.26. The van der Waals surface area contributed by atoms with E-state index >= 15 is 0 Å². The Labute approximate surface area is 107 Å². The standard InChI is InChI=1S/C11H18N2O4S/c1-11(5-6-16-8-11)13-7-9-3-4-10(17-9)18(14,15)12-2/h3-4,12-13H,5-8H2,1-2H3. The van der Waals surface area contributed by atoms with Gasteiger partial charge in [0.05, 0.1) is 13.2 Å². The van der Waals surface area contributed by atoms with Crippen LogP contribution in [-0.2, 0) is 21.3 Å². The Bertz CT molecular complexity index is 503. The molecule has 0 amide bonds. The maximum absolute atomic E-state index is 11.5. The summed E-state index contributed by atoms with van der Waals surface area (Å²) in [4.78, 5) is 0. The predicted octanol–water partition coefficient (Wildman–Crippen LogP) is 0.456. The van der Waals surface area contributed by atoms with Crippen molar-refractivity contribution in [1.82, 2.24) is 10.0 Å². The number of hydrogen-bond acceptors (Lipinski definition) is 5. The first-order valence-electron chi connectivity index (χ1n) is 5.80. The quantitative estimate of drug-likeness (QED) is 0.815. The average Bonchev–Trinajstić information content (AvgIpc) is 2.96. The minimum absolute atomic E-state index is 0.0605. The molecule has 0 aromatic carbocycles. The summed E-state index contributed by atoms with van der Waals surface area (Å²) in [5.74, 6) is 0.594. The number of rotatable bonds is 5. The van der Waals surface area contributed by atoms with Crippen LogP contribution in [0.1, 0.15) is 19.1 Å². The summed E-state index contributed by atoms with van der Waals surface area (Å²) in [6, 6.07) is 3.12. The van der Waals surface area contributed by atoms with Crippen LogP contribution >= 0.6 is 0 Å². The molecule has 1 saturated heterocycles. The lowest BCUT2D eigenvalue weighted by Crippen LogP contribution is -2.42. The van der Waals surface area contributed by atoms with Gasteiger partial charge in [0, 0.05) is 12.1 Å². The lowest BCUT2D eigenvalue weighted by atomic mass is 10.0. The van der Waals surface area contributed by atoms with E-state index in [2.05, 4.69) is 17.0 Å². The Balaban J connectivity index is 1.99. The minimum atomic E-state index is -3.50. The van der Waals surface area contributed by atoms with Crippen molar-refractivity contribution in [3.63, 3.8) is 0 Å². The summed E-state index contributed by atoms with van der Waals surface area (Å²) in [6.45, 7) is 3.98. The number of sulfonamides is 1. The molecule has 102 valence electrons. The molecule has 2 rings (SSSR count). The molecule has 6 nitrogen and oxygen atoms in total. The van der Waals surface area contributed by atoms with Crippen molar-refractivity contribution in [2.24, 2.45) is 0 Å². The van der Waals surface area contributed by atoms with E-state index in [1.54, 1.807) is 6.07 Å². The van der Waals surface area contributed by atoms with Crippen LogP contribution in [-0.4, -0.2) is 34.2 Å². The van der Waals surface area contributed by atoms with Crippen molar-refractivity contribution >= 4 is 10.0 Å². The molecule has 1 fully saturated rings. The molecule has 0 saturated carbocycles. The van der Waals surface area contributed by atoms with Gasteiger partial charge < -0.3 is 14.5 Å². The second-order valence-corrected chi connectivity index (χ2v) is 6.46. The fourth-order valence-corrected chi connectivity index (χ4v) is 2.47. The fraction of sp³-hybridized carbons (Fsp3) is 0.636. The van der Waals surface area contributed by atoms with E-state index in [4.69, 9.17) is 9.15 Å². The van der Waals surface area contributed by atoms with Gasteiger partial charge in [-0.25, -0.2) is 13.1 Å². The Kier molecular flexibility index (Phi) is 3.76. The zero-order valence-electron chi connectivity index (χ0n) is 10.5. The predicted molar refractivity (Wildman–Crippen MR) is 65.6 cm³/mol. The molecule has 1 aromatic heterocycles. The summed E-state index contributed by atoms with van der Waals surface area (Å²) in [6.07, 6.45) is 0.940. The van der Waals surface area contributed by atoms with Crippen LogP contribution in [0.25, 0.3) is 0 Å². The Hall–Kier alpha value is -0.890. The van der Waals surface area contributed by atoms with Crippen molar-refractivity contribution in [2.75, 3.05) is 20.3 Å². The van der Waals surface area contributed by atoms with Gasteiger partial charge in [-0.2, -0.15) is 0 Å². The van der Waals surface area contributed by atoms with Crippen LogP contribution in [0, 0.1) is 0 Å². The van der Waals surface area contributed by atoms with Crippen molar-refractivity contribution in [2.45, 2.75) is 30.5 Å². The molecule has 1 atom stereocenters. The fourth-order valence-electron chi connectivity index (χ4n) is 1.81. The number of ether oxygens (including phenoxy) is 1. The highest BCUT2D eigenvalue weighted by Gasteiger charge is 2.29. The summed E-state index contributed by atoms with van der Waals surface area (Å²) >= 11 is 0. The average molecular weight is 274 g/mol. The highest BCUT2D eigenvalue weighted by molar-refractivity contribution is 7.89. The molecule has 0 aliphatic carbocycles. The first kappa shape index (κ1) is 13.5. The number of nitrogens with one attached hydrogen (secondary N) is 2. The highest BCUT2D eigenvalue weighted by atomic mass is 32.2. The molecule has 1 aromatic rings. The van der Waals surface area contributed by atoms with Gasteiger partial charge in [0.25, 0.3) is 10.0 Å². The van der Waals surface area contributed by atoms with Crippen LogP contribution in [0.4, 0.5) is 0 Å². The third-order valence-electron chi connectivity index (χ3n) is 3.08. The lowest BCUT2D eigenvalue weighted by Gasteiger charge is -2.22. The van der Waals surface area contributed by atoms with Crippen LogP contribution < -0.4 is 10.0 Å². The van der Waals surface area contributed by atoms with Gasteiger partial charge in [-0.05, 0) is 32.5 Å². The smallest absolute Gasteiger partial charge is 0.273 e. The number of furan rings is 1. The second kappa shape index (κ2) is 5.00. The number of hydrogen-bond donors (Lipinski definition) is 2. The van der Waals surface area contributed by atoms with Gasteiger partial charge in [0.2, 0.25) is 5.09 Å². The molecule has 7 heteroatoms. The van der Waals surface area contributed by atoms with Crippen molar-refractivity contribution < 1.29 is 17.6 Å². The molecule has 1 unspecified atom stereocenters. The zero-order chi connectivity index (χ0) is 13.2. The van der Waals surface area contributed by atoms with E-state index in [1.807, 2.05) is 0 Å². The third-order valence-corrected chi connectivity index (χ3v) is 4.37. The van der Waals surface area contributed by atoms with Crippen molar-refractivity contribution in [1.29, 1.82) is 0 Å². The van der Waals surface area contributed by atoms with Gasteiger partial charge in [0.15, 0.2) is 0 Å². The molecular formula is C11H18N2O4S. The molecule has 0 spiro atoms. The Morgan fingerprint density at radius 1 is 1.44 bits per heavy atom. The molecule has 18 heavy (non-hydrogen) atoms. The molecule has 0 bridgehead atoms. The first-order valence-corrected chi connectivity index (χ1v) is 7.29. The topological polar surface area (TPSA) is 80.6 Å². The monoisotopic (exact) mass is 274 g/mol. The lowest BCUT2D eigenvalue weighted by molar-refractivity contribution is 0.170. The Morgan fingerprint density at radius 3 is 2.83 bits per heavy atom. The molecular weight excluding hydrogens is 256 g/mol. The maximum atomic E-state index is 11.5. The van der Waals surface area contributed by atoms with E-state index in [1.165, 1.54) is 13.1 Å². The van der Waals surface area contributed by atoms with Crippen molar-refractivity contribution in [3.05, 3.63) is 17.9 Å². The van der Waals surface area contributed by atoms with Gasteiger partial charge in [-0.3, -0.25) is 0 Å². The van der Waals surface area contributed by atoms with Gasteiger partial charge in [-0.15, -0.1) is 0 Å². The molecule has 2 N–H and O–H groups in total. The van der Waals surface area contributed by atoms with E-state index in [0.717, 1.165) is 13.0 Å². The second-order valence-electron chi connectivity index (χ2n) is 4.65. The van der Waals surface area contributed by atoms with Crippen LogP contribution in [0.15, 0.2) is 21.6 Å². The largest absolute Gasteiger partial charge is 0.447 e. The van der Waals surface area contributed by atoms with Crippen molar-refractivity contribution in [3.8, 4) is 0 Å². The SMILES string of the molecule is CNS(=O)(=O)c1ccc(CNC2(C)CCOC2)o1. The van der Waals surface area contributed by atoms with Gasteiger partial charge in [-0.1, -0.05) is 0 Å². The zero-order valence-corrected chi connectivity index (χ0v) is 11.3. The van der Waals surface area contributed by atoms with E-state index in [0.29, 0.717) is 18.9 Å². The molecule has 0 radical (unpaired) electrons. The van der Waals surface area contributed by atoms with E-state index in [-0.39, 0.29) is 10.6 Å². The third kappa shape index (κ3) is 2.92. The maximum Gasteiger partial charge on any atom is 0.273 e. The normalized spacial score (nSPS) is 24.6. The van der Waals surface area contributed by atoms with E-state index in [9.17, 15) is 8.42 Å². The van der Waals surface area contributed by atoms with E-state index < -0.39 is 10.0 Å². The first-order chi connectivity index (χ1) is 8.45. The summed E-state index contributed by atoms with van der Waals surface area (Å²) < 4.78 is 35.8. The molecule has 1 aliphatic rings. The summed E-state index contributed by atoms with van der Waals surface area (Å²) in [5.41, 5.74) is -0.0607. The molecule has 2 heterocycles. The summed E-state index contributed by atoms with van der Waals surface area (Å²) in [7, 11) is -2.15. The van der Waals surface area contributed by atoms with Gasteiger partial charge in [0.1, 0.15) is 5.76 Å². The molecule has 1 aliphatic heterocycles. The minimum Gasteiger partial charge on any atom is -0.447 e.